The van der Waals surface area contributed by atoms with E-state index in [4.69, 9.17) is 0 Å². The molecule has 0 aromatic carbocycles. The zero-order chi connectivity index (χ0) is 17.6. The Morgan fingerprint density at radius 1 is 1.48 bits per heavy atom. The first-order valence-electron chi connectivity index (χ1n) is 8.42. The third kappa shape index (κ3) is 2.93. The first-order chi connectivity index (χ1) is 12.0. The van der Waals surface area contributed by atoms with Crippen LogP contribution < -0.4 is 5.32 Å². The van der Waals surface area contributed by atoms with Gasteiger partial charge in [0.25, 0.3) is 0 Å². The SMILES string of the molecule is CCn1nc(C(=O)O)c2c1CCC(NCc1cn3nc(C)sc3n1)C2. The second-order valence-corrected chi connectivity index (χ2v) is 7.46. The Hall–Kier alpha value is -2.26. The molecule has 3 heterocycles. The van der Waals surface area contributed by atoms with Gasteiger partial charge in [0.15, 0.2) is 5.69 Å². The van der Waals surface area contributed by atoms with Crippen LogP contribution in [0.15, 0.2) is 6.20 Å². The van der Waals surface area contributed by atoms with Gasteiger partial charge in [0.2, 0.25) is 4.96 Å². The number of carboxylic acids is 1. The summed E-state index contributed by atoms with van der Waals surface area (Å²) in [7, 11) is 0. The van der Waals surface area contributed by atoms with Crippen molar-refractivity contribution < 1.29 is 9.90 Å². The molecular weight excluding hydrogens is 340 g/mol. The number of aromatic nitrogens is 5. The van der Waals surface area contributed by atoms with Gasteiger partial charge in [-0.2, -0.15) is 10.2 Å². The second-order valence-electron chi connectivity index (χ2n) is 6.30. The number of nitrogens with one attached hydrogen (secondary N) is 1. The molecule has 0 bridgehead atoms. The van der Waals surface area contributed by atoms with Crippen LogP contribution in [0.2, 0.25) is 0 Å². The van der Waals surface area contributed by atoms with Gasteiger partial charge >= 0.3 is 5.97 Å². The van der Waals surface area contributed by atoms with Crippen molar-refractivity contribution in [2.24, 2.45) is 0 Å². The number of aryl methyl sites for hydroxylation is 2. The summed E-state index contributed by atoms with van der Waals surface area (Å²) >= 11 is 1.57. The molecule has 0 saturated carbocycles. The fourth-order valence-electron chi connectivity index (χ4n) is 3.47. The van der Waals surface area contributed by atoms with Gasteiger partial charge in [0, 0.05) is 30.4 Å². The van der Waals surface area contributed by atoms with Gasteiger partial charge in [-0.1, -0.05) is 11.3 Å². The highest BCUT2D eigenvalue weighted by molar-refractivity contribution is 7.16. The maximum Gasteiger partial charge on any atom is 0.356 e. The predicted molar refractivity (Wildman–Crippen MR) is 93.1 cm³/mol. The van der Waals surface area contributed by atoms with E-state index >= 15 is 0 Å². The normalized spacial score (nSPS) is 17.1. The van der Waals surface area contributed by atoms with Crippen molar-refractivity contribution in [1.82, 2.24) is 29.7 Å². The summed E-state index contributed by atoms with van der Waals surface area (Å²) in [5.74, 6) is -0.945. The van der Waals surface area contributed by atoms with Crippen LogP contribution in [0.5, 0.6) is 0 Å². The lowest BCUT2D eigenvalue weighted by Gasteiger charge is -2.24. The summed E-state index contributed by atoms with van der Waals surface area (Å²) in [5.41, 5.74) is 3.10. The summed E-state index contributed by atoms with van der Waals surface area (Å²) in [6.45, 7) is 5.31. The molecule has 0 amide bonds. The van der Waals surface area contributed by atoms with E-state index in [2.05, 4.69) is 20.5 Å². The van der Waals surface area contributed by atoms with Crippen molar-refractivity contribution in [3.8, 4) is 0 Å². The second kappa shape index (κ2) is 6.23. The maximum atomic E-state index is 11.5. The van der Waals surface area contributed by atoms with Crippen LogP contribution in [0.1, 0.15) is 45.8 Å². The Labute approximate surface area is 148 Å². The van der Waals surface area contributed by atoms with E-state index < -0.39 is 5.97 Å². The predicted octanol–water partition coefficient (Wildman–Crippen LogP) is 1.66. The topological polar surface area (TPSA) is 97.3 Å². The molecule has 0 spiro atoms. The first kappa shape index (κ1) is 16.2. The number of hydrogen-bond acceptors (Lipinski definition) is 6. The van der Waals surface area contributed by atoms with Gasteiger partial charge < -0.3 is 10.4 Å². The van der Waals surface area contributed by atoms with Crippen molar-refractivity contribution in [2.75, 3.05) is 0 Å². The fraction of sp³-hybridized carbons (Fsp3) is 0.500. The van der Waals surface area contributed by atoms with Crippen LogP contribution in [-0.2, 0) is 25.9 Å². The van der Waals surface area contributed by atoms with E-state index in [9.17, 15) is 9.90 Å². The number of rotatable bonds is 5. The minimum absolute atomic E-state index is 0.200. The molecule has 0 aliphatic heterocycles. The third-order valence-corrected chi connectivity index (χ3v) is 5.45. The Bertz CT molecular complexity index is 909. The highest BCUT2D eigenvalue weighted by Crippen LogP contribution is 2.25. The number of fused-ring (bicyclic) bond motifs is 2. The van der Waals surface area contributed by atoms with E-state index in [1.807, 2.05) is 29.2 Å². The molecule has 0 radical (unpaired) electrons. The largest absolute Gasteiger partial charge is 0.476 e. The van der Waals surface area contributed by atoms with Crippen LogP contribution in [0.3, 0.4) is 0 Å². The Morgan fingerprint density at radius 2 is 2.32 bits per heavy atom. The summed E-state index contributed by atoms with van der Waals surface area (Å²) in [6.07, 6.45) is 4.45. The lowest BCUT2D eigenvalue weighted by molar-refractivity contribution is 0.0688. The molecule has 8 nitrogen and oxygen atoms in total. The van der Waals surface area contributed by atoms with Crippen molar-refractivity contribution in [3.63, 3.8) is 0 Å². The number of imidazole rings is 1. The summed E-state index contributed by atoms with van der Waals surface area (Å²) in [6, 6.07) is 0.231. The molecule has 3 aromatic rings. The van der Waals surface area contributed by atoms with Crippen LogP contribution >= 0.6 is 11.3 Å². The van der Waals surface area contributed by atoms with E-state index in [1.54, 1.807) is 11.3 Å². The summed E-state index contributed by atoms with van der Waals surface area (Å²) in [4.78, 5) is 16.9. The van der Waals surface area contributed by atoms with Crippen LogP contribution in [0, 0.1) is 6.92 Å². The monoisotopic (exact) mass is 360 g/mol. The standard InChI is InChI=1S/C16H20N6O2S/c1-3-21-13-5-4-10(6-12(13)14(20-21)15(23)24)17-7-11-8-22-16(18-11)25-9(2)19-22/h8,10,17H,3-7H2,1-2H3,(H,23,24). The zero-order valence-corrected chi connectivity index (χ0v) is 15.0. The quantitative estimate of drug-likeness (QED) is 0.718. The van der Waals surface area contributed by atoms with Crippen molar-refractivity contribution in [2.45, 2.75) is 52.2 Å². The molecule has 2 N–H and O–H groups in total. The minimum Gasteiger partial charge on any atom is -0.476 e. The molecule has 1 aliphatic carbocycles. The number of carboxylic acid groups (broad SMARTS) is 1. The number of hydrogen-bond donors (Lipinski definition) is 2. The van der Waals surface area contributed by atoms with Crippen LogP contribution in [0.25, 0.3) is 4.96 Å². The molecule has 132 valence electrons. The van der Waals surface area contributed by atoms with Gasteiger partial charge in [-0.15, -0.1) is 0 Å². The van der Waals surface area contributed by atoms with Crippen molar-refractivity contribution >= 4 is 22.3 Å². The molecule has 0 fully saturated rings. The molecule has 1 unspecified atom stereocenters. The molecular formula is C16H20N6O2S. The molecule has 1 atom stereocenters. The van der Waals surface area contributed by atoms with Gasteiger partial charge in [-0.25, -0.2) is 14.3 Å². The lowest BCUT2D eigenvalue weighted by atomic mass is 9.91. The number of nitrogens with zero attached hydrogens (tertiary/aromatic N) is 5. The molecule has 1 aliphatic rings. The zero-order valence-electron chi connectivity index (χ0n) is 14.2. The third-order valence-electron chi connectivity index (χ3n) is 4.61. The lowest BCUT2D eigenvalue weighted by Crippen LogP contribution is -2.34. The van der Waals surface area contributed by atoms with Crippen molar-refractivity contribution in [1.29, 1.82) is 0 Å². The smallest absolute Gasteiger partial charge is 0.356 e. The Balaban J connectivity index is 1.47. The molecule has 9 heteroatoms. The first-order valence-corrected chi connectivity index (χ1v) is 9.23. The average Bonchev–Trinajstić information content (AvgIpc) is 3.22. The maximum absolute atomic E-state index is 11.5. The molecule has 3 aromatic heterocycles. The molecule has 25 heavy (non-hydrogen) atoms. The van der Waals surface area contributed by atoms with E-state index in [1.165, 1.54) is 0 Å². The highest BCUT2D eigenvalue weighted by atomic mass is 32.1. The Kier molecular flexibility index (Phi) is 4.04. The highest BCUT2D eigenvalue weighted by Gasteiger charge is 2.28. The Morgan fingerprint density at radius 3 is 3.04 bits per heavy atom. The summed E-state index contributed by atoms with van der Waals surface area (Å²) < 4.78 is 3.64. The molecule has 4 rings (SSSR count). The molecule has 0 saturated heterocycles. The summed E-state index contributed by atoms with van der Waals surface area (Å²) in [5, 5.41) is 22.5. The fourth-order valence-corrected chi connectivity index (χ4v) is 4.22. The van der Waals surface area contributed by atoms with Gasteiger partial charge in [-0.05, 0) is 33.1 Å². The van der Waals surface area contributed by atoms with Gasteiger partial charge in [0.05, 0.1) is 11.9 Å². The number of carbonyl (C=O) groups is 1. The van der Waals surface area contributed by atoms with E-state index in [0.29, 0.717) is 19.5 Å². The van der Waals surface area contributed by atoms with Crippen molar-refractivity contribution in [3.05, 3.63) is 33.8 Å². The minimum atomic E-state index is -0.945. The number of aromatic carboxylic acids is 1. The van der Waals surface area contributed by atoms with E-state index in [0.717, 1.165) is 39.8 Å². The van der Waals surface area contributed by atoms with Gasteiger partial charge in [-0.3, -0.25) is 4.68 Å². The van der Waals surface area contributed by atoms with Gasteiger partial charge in [0.1, 0.15) is 5.01 Å². The average molecular weight is 360 g/mol. The van der Waals surface area contributed by atoms with Crippen LogP contribution in [0.4, 0.5) is 0 Å². The van der Waals surface area contributed by atoms with E-state index in [-0.39, 0.29) is 11.7 Å². The van der Waals surface area contributed by atoms with Crippen LogP contribution in [-0.4, -0.2) is 41.5 Å².